The molecular weight excluding hydrogens is 408 g/mol. The highest BCUT2D eigenvalue weighted by atomic mass is 32.1. The van der Waals surface area contributed by atoms with Crippen LogP contribution in [0.25, 0.3) is 11.2 Å². The van der Waals surface area contributed by atoms with Gasteiger partial charge in [0.05, 0.1) is 27.5 Å². The van der Waals surface area contributed by atoms with Crippen molar-refractivity contribution >= 4 is 45.8 Å². The minimum absolute atomic E-state index is 0.294. The number of thiocarbonyl (C=S) groups is 1. The minimum Gasteiger partial charge on any atom is -0.493 e. The number of fused-ring (bicyclic) bond motifs is 1. The van der Waals surface area contributed by atoms with Crippen LogP contribution in [0.3, 0.4) is 0 Å². The number of rotatable bonds is 8. The first kappa shape index (κ1) is 21.3. The highest BCUT2D eigenvalue weighted by Crippen LogP contribution is 2.40. The second-order valence-electron chi connectivity index (χ2n) is 5.90. The molecule has 30 heavy (non-hydrogen) atoms. The van der Waals surface area contributed by atoms with Gasteiger partial charge in [-0.2, -0.15) is 0 Å². The minimum atomic E-state index is 0.294. The molecule has 1 aromatic carbocycles. The summed E-state index contributed by atoms with van der Waals surface area (Å²) in [5.41, 5.74) is 1.79. The molecule has 0 atom stereocenters. The van der Waals surface area contributed by atoms with Crippen LogP contribution in [0, 0.1) is 0 Å². The molecule has 0 aliphatic heterocycles. The average molecular weight is 430 g/mol. The summed E-state index contributed by atoms with van der Waals surface area (Å²) in [7, 11) is 6.24. The summed E-state index contributed by atoms with van der Waals surface area (Å²) in [5.74, 6) is 2.59. The third-order valence-corrected chi connectivity index (χ3v) is 4.21. The van der Waals surface area contributed by atoms with E-state index in [0.29, 0.717) is 57.6 Å². The van der Waals surface area contributed by atoms with Crippen LogP contribution < -0.4 is 30.2 Å². The molecule has 0 unspecified atom stereocenters. The van der Waals surface area contributed by atoms with Gasteiger partial charge in [-0.25, -0.2) is 15.0 Å². The molecule has 0 aliphatic rings. The molecular formula is C19H22N6O4S. The average Bonchev–Trinajstić information content (AvgIpc) is 2.76. The maximum Gasteiger partial charge on any atom is 0.203 e. The van der Waals surface area contributed by atoms with Gasteiger partial charge < -0.3 is 34.9 Å². The number of anilines is 3. The number of pyridine rings is 1. The predicted molar refractivity (Wildman–Crippen MR) is 118 cm³/mol. The van der Waals surface area contributed by atoms with Crippen LogP contribution in [0.5, 0.6) is 17.2 Å². The second kappa shape index (κ2) is 9.85. The first-order valence-electron chi connectivity index (χ1n) is 8.82. The number of hydrogen-bond donors (Lipinski definition) is 3. The van der Waals surface area contributed by atoms with Gasteiger partial charge in [0.1, 0.15) is 18.1 Å². The lowest BCUT2D eigenvalue weighted by Gasteiger charge is -2.15. The smallest absolute Gasteiger partial charge is 0.203 e. The van der Waals surface area contributed by atoms with E-state index in [9.17, 15) is 0 Å². The van der Waals surface area contributed by atoms with Gasteiger partial charge >= 0.3 is 0 Å². The molecule has 3 N–H and O–H groups in total. The van der Waals surface area contributed by atoms with Gasteiger partial charge in [-0.05, 0) is 24.4 Å². The Kier molecular flexibility index (Phi) is 6.99. The van der Waals surface area contributed by atoms with Crippen LogP contribution in [0.2, 0.25) is 0 Å². The molecule has 158 valence electrons. The molecule has 0 spiro atoms. The molecule has 0 fully saturated rings. The largest absolute Gasteiger partial charge is 0.493 e. The van der Waals surface area contributed by atoms with Gasteiger partial charge in [0.15, 0.2) is 28.1 Å². The van der Waals surface area contributed by atoms with Crippen molar-refractivity contribution in [2.24, 2.45) is 0 Å². The monoisotopic (exact) mass is 430 g/mol. The summed E-state index contributed by atoms with van der Waals surface area (Å²) >= 11 is 5.18. The van der Waals surface area contributed by atoms with Crippen LogP contribution in [0.15, 0.2) is 30.5 Å². The van der Waals surface area contributed by atoms with Crippen molar-refractivity contribution < 1.29 is 18.9 Å². The molecule has 3 aromatic rings. The first-order chi connectivity index (χ1) is 14.6. The van der Waals surface area contributed by atoms with Crippen molar-refractivity contribution in [1.82, 2.24) is 20.3 Å². The van der Waals surface area contributed by atoms with Crippen molar-refractivity contribution in [3.63, 3.8) is 0 Å². The Balaban J connectivity index is 1.85. The number of aromatic nitrogens is 3. The van der Waals surface area contributed by atoms with Gasteiger partial charge in [0.25, 0.3) is 0 Å². The maximum atomic E-state index is 5.38. The zero-order valence-corrected chi connectivity index (χ0v) is 17.8. The van der Waals surface area contributed by atoms with E-state index in [1.807, 2.05) is 0 Å². The summed E-state index contributed by atoms with van der Waals surface area (Å²) in [5, 5.41) is 9.43. The molecule has 0 aliphatic carbocycles. The summed E-state index contributed by atoms with van der Waals surface area (Å²) in [4.78, 5) is 13.4. The SMILES string of the molecule is COCNC(=S)Nc1ccc2ncc(Nc3cc(OC)c(OC)c(OC)c3)nc2n1. The van der Waals surface area contributed by atoms with Crippen molar-refractivity contribution in [1.29, 1.82) is 0 Å². The molecule has 0 amide bonds. The van der Waals surface area contributed by atoms with Crippen molar-refractivity contribution in [2.75, 3.05) is 45.8 Å². The van der Waals surface area contributed by atoms with E-state index in [-0.39, 0.29) is 0 Å². The van der Waals surface area contributed by atoms with E-state index in [1.165, 1.54) is 0 Å². The van der Waals surface area contributed by atoms with Crippen molar-refractivity contribution in [3.05, 3.63) is 30.5 Å². The fraction of sp³-hybridized carbons (Fsp3) is 0.263. The fourth-order valence-corrected chi connectivity index (χ4v) is 2.79. The quantitative estimate of drug-likeness (QED) is 0.362. The molecule has 2 heterocycles. The molecule has 0 saturated heterocycles. The Morgan fingerprint density at radius 3 is 2.30 bits per heavy atom. The Morgan fingerprint density at radius 2 is 1.67 bits per heavy atom. The second-order valence-corrected chi connectivity index (χ2v) is 6.31. The van der Waals surface area contributed by atoms with Gasteiger partial charge in [-0.15, -0.1) is 0 Å². The van der Waals surface area contributed by atoms with Crippen LogP contribution in [0.1, 0.15) is 0 Å². The number of ether oxygens (including phenoxy) is 4. The van der Waals surface area contributed by atoms with Gasteiger partial charge in [-0.3, -0.25) is 0 Å². The van der Waals surface area contributed by atoms with E-state index in [1.54, 1.807) is 58.9 Å². The van der Waals surface area contributed by atoms with Gasteiger partial charge in [0, 0.05) is 24.9 Å². The van der Waals surface area contributed by atoms with Crippen LogP contribution in [-0.2, 0) is 4.74 Å². The third kappa shape index (κ3) is 4.93. The topological polar surface area (TPSA) is 112 Å². The summed E-state index contributed by atoms with van der Waals surface area (Å²) in [6.07, 6.45) is 1.62. The number of nitrogens with one attached hydrogen (secondary N) is 3. The lowest BCUT2D eigenvalue weighted by molar-refractivity contribution is 0.192. The zero-order chi connectivity index (χ0) is 21.5. The number of hydrogen-bond acceptors (Lipinski definition) is 9. The standard InChI is InChI=1S/C19H22N6O4S/c1-26-10-21-19(30)25-15-6-5-12-18(23-15)24-16(9-20-12)22-11-7-13(27-2)17(29-4)14(8-11)28-3/h5-9H,10H2,1-4H3,(H3,21,22,23,24,25,30). The van der Waals surface area contributed by atoms with E-state index in [2.05, 4.69) is 30.9 Å². The molecule has 0 radical (unpaired) electrons. The number of nitrogens with zero attached hydrogens (tertiary/aromatic N) is 3. The van der Waals surface area contributed by atoms with E-state index >= 15 is 0 Å². The van der Waals surface area contributed by atoms with Crippen LogP contribution in [0.4, 0.5) is 17.3 Å². The van der Waals surface area contributed by atoms with Crippen LogP contribution in [-0.4, -0.2) is 55.2 Å². The van der Waals surface area contributed by atoms with E-state index in [4.69, 9.17) is 31.2 Å². The summed E-state index contributed by atoms with van der Waals surface area (Å²) < 4.78 is 21.0. The Morgan fingerprint density at radius 1 is 0.967 bits per heavy atom. The van der Waals surface area contributed by atoms with E-state index < -0.39 is 0 Å². The number of benzene rings is 1. The highest BCUT2D eigenvalue weighted by molar-refractivity contribution is 7.80. The Labute approximate surface area is 178 Å². The lowest BCUT2D eigenvalue weighted by atomic mass is 10.2. The predicted octanol–water partition coefficient (Wildman–Crippen LogP) is 2.68. The van der Waals surface area contributed by atoms with E-state index in [0.717, 1.165) is 0 Å². The van der Waals surface area contributed by atoms with Crippen molar-refractivity contribution in [2.45, 2.75) is 0 Å². The summed E-state index contributed by atoms with van der Waals surface area (Å²) in [6, 6.07) is 7.13. The first-order valence-corrected chi connectivity index (χ1v) is 9.23. The maximum absolute atomic E-state index is 5.38. The molecule has 3 rings (SSSR count). The molecule has 11 heteroatoms. The molecule has 0 bridgehead atoms. The normalized spacial score (nSPS) is 10.4. The summed E-state index contributed by atoms with van der Waals surface area (Å²) in [6.45, 7) is 0.294. The van der Waals surface area contributed by atoms with Crippen molar-refractivity contribution in [3.8, 4) is 17.2 Å². The van der Waals surface area contributed by atoms with Gasteiger partial charge in [0.2, 0.25) is 5.75 Å². The molecule has 0 saturated carbocycles. The fourth-order valence-electron chi connectivity index (χ4n) is 2.63. The zero-order valence-electron chi connectivity index (χ0n) is 17.0. The lowest BCUT2D eigenvalue weighted by Crippen LogP contribution is -2.30. The number of methoxy groups -OCH3 is 4. The third-order valence-electron chi connectivity index (χ3n) is 3.96. The Hall–Kier alpha value is -3.44. The molecule has 2 aromatic heterocycles. The van der Waals surface area contributed by atoms with Gasteiger partial charge in [-0.1, -0.05) is 0 Å². The highest BCUT2D eigenvalue weighted by Gasteiger charge is 2.14. The van der Waals surface area contributed by atoms with Crippen LogP contribution >= 0.6 is 12.2 Å². The molecule has 10 nitrogen and oxygen atoms in total. The Bertz CT molecular complexity index is 1020.